The van der Waals surface area contributed by atoms with E-state index in [1.165, 1.54) is 88.0 Å². The summed E-state index contributed by atoms with van der Waals surface area (Å²) in [5.74, 6) is 0. The van der Waals surface area contributed by atoms with Gasteiger partial charge in [-0.15, -0.1) is 0 Å². The molecule has 8 aromatic carbocycles. The molecule has 0 amide bonds. The lowest BCUT2D eigenvalue weighted by Crippen LogP contribution is -2.33. The van der Waals surface area contributed by atoms with Crippen molar-refractivity contribution in [3.63, 3.8) is 0 Å². The van der Waals surface area contributed by atoms with Crippen molar-refractivity contribution in [1.29, 1.82) is 0 Å². The maximum Gasteiger partial charge on any atom is 0.0754 e. The summed E-state index contributed by atoms with van der Waals surface area (Å²) in [6.07, 6.45) is 6.95. The molecule has 10 aromatic rings. The van der Waals surface area contributed by atoms with E-state index in [-0.39, 0.29) is 0 Å². The summed E-state index contributed by atoms with van der Waals surface area (Å²) < 4.78 is 2.52. The Morgan fingerprint density at radius 3 is 1.95 bits per heavy atom. The van der Waals surface area contributed by atoms with Gasteiger partial charge in [-0.2, -0.15) is 0 Å². The standard InChI is InChI=1S/C58H38N2/c1-3-15-37(16-4-1)43-35-52(39-18-5-2-6-19-39)59-53(36-43)46-23-14-25-50-56(46)47-34-42(41-30-29-38-17-7-8-20-40(38)33-41)31-32-48(47)58(50)49-24-10-12-28-55(49)60-54-27-11-9-21-44(54)45-22-13-26-51(58)57(45)60/h1-6,9-36H,7-8H2. The number of nitrogens with zero attached hydrogens (tertiary/aromatic N) is 2. The maximum atomic E-state index is 5.55. The SMILES string of the molecule is C1=c2ccc(-c3ccc4c(c3)-c3c(-c5cc(-c6ccccc6)cc(-c6ccccc6)n5)cccc3C43c4ccccc4-n4c5ccccc5c5cccc3c54)cc2=CCC1. The Morgan fingerprint density at radius 1 is 0.400 bits per heavy atom. The highest BCUT2D eigenvalue weighted by molar-refractivity contribution is 6.13. The van der Waals surface area contributed by atoms with Crippen molar-refractivity contribution in [3.05, 3.63) is 227 Å². The quantitative estimate of drug-likeness (QED) is 0.175. The number of pyridine rings is 1. The van der Waals surface area contributed by atoms with E-state index in [2.05, 4.69) is 211 Å². The lowest BCUT2D eigenvalue weighted by Gasteiger charge is -2.39. The summed E-state index contributed by atoms with van der Waals surface area (Å²) in [6.45, 7) is 0. The second kappa shape index (κ2) is 12.7. The highest BCUT2D eigenvalue weighted by Crippen LogP contribution is 2.62. The van der Waals surface area contributed by atoms with Crippen LogP contribution in [-0.4, -0.2) is 9.55 Å². The normalized spacial score (nSPS) is 15.5. The summed E-state index contributed by atoms with van der Waals surface area (Å²) in [7, 11) is 0. The van der Waals surface area contributed by atoms with Gasteiger partial charge in [0.1, 0.15) is 0 Å². The molecule has 0 saturated heterocycles. The van der Waals surface area contributed by atoms with Crippen LogP contribution >= 0.6 is 0 Å². The molecule has 3 aliphatic rings. The smallest absolute Gasteiger partial charge is 0.0754 e. The molecule has 2 aliphatic carbocycles. The van der Waals surface area contributed by atoms with Gasteiger partial charge in [0.2, 0.25) is 0 Å². The fraction of sp³-hybridized carbons (Fsp3) is 0.0517. The zero-order valence-electron chi connectivity index (χ0n) is 32.9. The molecule has 1 unspecified atom stereocenters. The summed E-state index contributed by atoms with van der Waals surface area (Å²) >= 11 is 0. The fourth-order valence-electron chi connectivity index (χ4n) is 10.9. The van der Waals surface area contributed by atoms with Crippen LogP contribution in [0.5, 0.6) is 0 Å². The van der Waals surface area contributed by atoms with E-state index < -0.39 is 5.41 Å². The monoisotopic (exact) mass is 762 g/mol. The Morgan fingerprint density at radius 2 is 1.07 bits per heavy atom. The third-order valence-electron chi connectivity index (χ3n) is 13.4. The number of para-hydroxylation sites is 3. The largest absolute Gasteiger partial charge is 0.309 e. The lowest BCUT2D eigenvalue weighted by molar-refractivity contribution is 0.748. The van der Waals surface area contributed by atoms with Crippen LogP contribution in [0.3, 0.4) is 0 Å². The summed E-state index contributed by atoms with van der Waals surface area (Å²) in [6, 6.07) is 72.1. The van der Waals surface area contributed by atoms with Gasteiger partial charge in [0, 0.05) is 21.9 Å². The van der Waals surface area contributed by atoms with Gasteiger partial charge < -0.3 is 4.57 Å². The van der Waals surface area contributed by atoms with Crippen LogP contribution in [0.15, 0.2) is 194 Å². The molecular weight excluding hydrogens is 725 g/mol. The van der Waals surface area contributed by atoms with E-state index in [1.807, 2.05) is 0 Å². The fourth-order valence-corrected chi connectivity index (χ4v) is 10.9. The molecule has 2 nitrogen and oxygen atoms in total. The van der Waals surface area contributed by atoms with Gasteiger partial charge in [0.15, 0.2) is 0 Å². The highest BCUT2D eigenvalue weighted by Gasteiger charge is 2.51. The van der Waals surface area contributed by atoms with Gasteiger partial charge in [-0.05, 0) is 115 Å². The predicted octanol–water partition coefficient (Wildman–Crippen LogP) is 12.9. The van der Waals surface area contributed by atoms with Crippen molar-refractivity contribution in [2.24, 2.45) is 0 Å². The van der Waals surface area contributed by atoms with E-state index in [9.17, 15) is 0 Å². The van der Waals surface area contributed by atoms with Gasteiger partial charge in [0.05, 0.1) is 33.5 Å². The molecule has 0 N–H and O–H groups in total. The summed E-state index contributed by atoms with van der Waals surface area (Å²) in [4.78, 5) is 5.55. The average molecular weight is 763 g/mol. The molecule has 13 rings (SSSR count). The third-order valence-corrected chi connectivity index (χ3v) is 13.4. The van der Waals surface area contributed by atoms with Crippen LogP contribution in [0.1, 0.15) is 35.1 Å². The number of benzene rings is 8. The number of rotatable bonds is 4. The van der Waals surface area contributed by atoms with Crippen molar-refractivity contribution < 1.29 is 0 Å². The topological polar surface area (TPSA) is 17.8 Å². The Hall–Kier alpha value is -7.55. The van der Waals surface area contributed by atoms with Crippen molar-refractivity contribution in [2.45, 2.75) is 18.3 Å². The molecule has 60 heavy (non-hydrogen) atoms. The van der Waals surface area contributed by atoms with Crippen LogP contribution in [0.2, 0.25) is 0 Å². The summed E-state index contributed by atoms with van der Waals surface area (Å²) in [5, 5.41) is 5.22. The first-order valence-electron chi connectivity index (χ1n) is 21.1. The molecular formula is C58H38N2. The minimum atomic E-state index is -0.572. The van der Waals surface area contributed by atoms with E-state index >= 15 is 0 Å². The first-order chi connectivity index (χ1) is 29.8. The molecule has 1 spiro atoms. The Bertz CT molecular complexity index is 3480. The molecule has 2 heteroatoms. The highest BCUT2D eigenvalue weighted by atomic mass is 15.0. The molecule has 1 aliphatic heterocycles. The van der Waals surface area contributed by atoms with Crippen LogP contribution in [0.4, 0.5) is 0 Å². The molecule has 1 atom stereocenters. The molecule has 0 saturated carbocycles. The number of hydrogen-bond donors (Lipinski definition) is 0. The Balaban J connectivity index is 1.16. The van der Waals surface area contributed by atoms with Crippen LogP contribution in [0.25, 0.3) is 95.5 Å². The zero-order valence-corrected chi connectivity index (χ0v) is 32.9. The maximum absolute atomic E-state index is 5.55. The van der Waals surface area contributed by atoms with Gasteiger partial charge in [-0.25, -0.2) is 4.98 Å². The van der Waals surface area contributed by atoms with Gasteiger partial charge in [-0.3, -0.25) is 0 Å². The van der Waals surface area contributed by atoms with E-state index in [0.29, 0.717) is 0 Å². The average Bonchev–Trinajstić information content (AvgIpc) is 3.82. The first-order valence-corrected chi connectivity index (χ1v) is 21.1. The molecule has 3 heterocycles. The van der Waals surface area contributed by atoms with Crippen molar-refractivity contribution in [3.8, 4) is 61.6 Å². The van der Waals surface area contributed by atoms with Crippen molar-refractivity contribution in [1.82, 2.24) is 9.55 Å². The van der Waals surface area contributed by atoms with Gasteiger partial charge in [-0.1, -0.05) is 170 Å². The third kappa shape index (κ3) is 4.62. The Labute approximate surface area is 348 Å². The van der Waals surface area contributed by atoms with Crippen molar-refractivity contribution >= 4 is 34.0 Å². The van der Waals surface area contributed by atoms with Crippen LogP contribution in [0, 0.1) is 0 Å². The van der Waals surface area contributed by atoms with E-state index in [0.717, 1.165) is 40.9 Å². The van der Waals surface area contributed by atoms with E-state index in [4.69, 9.17) is 4.98 Å². The second-order valence-electron chi connectivity index (χ2n) is 16.5. The zero-order chi connectivity index (χ0) is 39.4. The van der Waals surface area contributed by atoms with Crippen molar-refractivity contribution in [2.75, 3.05) is 0 Å². The number of fused-ring (bicyclic) bond motifs is 13. The number of hydrogen-bond acceptors (Lipinski definition) is 1. The minimum Gasteiger partial charge on any atom is -0.309 e. The molecule has 0 bridgehead atoms. The van der Waals surface area contributed by atoms with Crippen LogP contribution in [-0.2, 0) is 5.41 Å². The van der Waals surface area contributed by atoms with Gasteiger partial charge >= 0.3 is 0 Å². The molecule has 2 aromatic heterocycles. The lowest BCUT2D eigenvalue weighted by atomic mass is 9.65. The molecule has 280 valence electrons. The van der Waals surface area contributed by atoms with Crippen LogP contribution < -0.4 is 10.4 Å². The minimum absolute atomic E-state index is 0.572. The van der Waals surface area contributed by atoms with E-state index in [1.54, 1.807) is 0 Å². The molecule has 0 radical (unpaired) electrons. The molecule has 0 fully saturated rings. The second-order valence-corrected chi connectivity index (χ2v) is 16.5. The van der Waals surface area contributed by atoms with Gasteiger partial charge in [0.25, 0.3) is 0 Å². The first kappa shape index (κ1) is 33.4. The Kier molecular flexibility index (Phi) is 7.09. The number of aromatic nitrogens is 2. The predicted molar refractivity (Wildman–Crippen MR) is 249 cm³/mol. The summed E-state index contributed by atoms with van der Waals surface area (Å²) in [5.41, 5.74) is 19.9.